The molecule has 0 N–H and O–H groups in total. The van der Waals surface area contributed by atoms with E-state index in [0.717, 1.165) is 25.9 Å². The van der Waals surface area contributed by atoms with Gasteiger partial charge in [0, 0.05) is 11.4 Å². The minimum Gasteiger partial charge on any atom is -0.468 e. The van der Waals surface area contributed by atoms with E-state index in [9.17, 15) is 4.79 Å². The minimum atomic E-state index is -0.0868. The summed E-state index contributed by atoms with van der Waals surface area (Å²) in [7, 11) is 1.47. The maximum atomic E-state index is 11.6. The summed E-state index contributed by atoms with van der Waals surface area (Å²) in [6, 6.07) is 4.13. The molecule has 2 heterocycles. The Morgan fingerprint density at radius 3 is 3.19 bits per heavy atom. The molecule has 0 aromatic carbocycles. The van der Waals surface area contributed by atoms with Gasteiger partial charge in [0.25, 0.3) is 0 Å². The van der Waals surface area contributed by atoms with Crippen LogP contribution in [0.15, 0.2) is 17.5 Å². The number of esters is 1. The quantitative estimate of drug-likeness (QED) is 0.758. The second-order valence-corrected chi connectivity index (χ2v) is 5.12. The zero-order chi connectivity index (χ0) is 11.4. The summed E-state index contributed by atoms with van der Waals surface area (Å²) in [6.07, 6.45) is 3.23. The Morgan fingerprint density at radius 2 is 2.50 bits per heavy atom. The Hall–Kier alpha value is -0.870. The SMILES string of the molecule is COC(=O)[C@H]1CCCCN1Cc1cccs1. The monoisotopic (exact) mass is 239 g/mol. The minimum absolute atomic E-state index is 0.0409. The molecule has 1 aromatic rings. The maximum Gasteiger partial charge on any atom is 0.323 e. The van der Waals surface area contributed by atoms with Gasteiger partial charge in [0.1, 0.15) is 6.04 Å². The van der Waals surface area contributed by atoms with Crippen molar-refractivity contribution in [2.24, 2.45) is 0 Å². The summed E-state index contributed by atoms with van der Waals surface area (Å²) < 4.78 is 4.86. The summed E-state index contributed by atoms with van der Waals surface area (Å²) in [5.41, 5.74) is 0. The van der Waals surface area contributed by atoms with Crippen molar-refractivity contribution in [3.63, 3.8) is 0 Å². The molecular formula is C12H17NO2S. The molecule has 16 heavy (non-hydrogen) atoms. The molecule has 1 saturated heterocycles. The molecule has 0 aliphatic carbocycles. The lowest BCUT2D eigenvalue weighted by Crippen LogP contribution is -2.44. The van der Waals surface area contributed by atoms with Crippen LogP contribution >= 0.6 is 11.3 Å². The highest BCUT2D eigenvalue weighted by atomic mass is 32.1. The van der Waals surface area contributed by atoms with E-state index in [-0.39, 0.29) is 12.0 Å². The van der Waals surface area contributed by atoms with Crippen LogP contribution in [0.1, 0.15) is 24.1 Å². The Kier molecular flexibility index (Phi) is 3.96. The largest absolute Gasteiger partial charge is 0.468 e. The predicted molar refractivity (Wildman–Crippen MR) is 64.4 cm³/mol. The van der Waals surface area contributed by atoms with Crippen LogP contribution in [0.5, 0.6) is 0 Å². The van der Waals surface area contributed by atoms with Crippen molar-refractivity contribution in [1.29, 1.82) is 0 Å². The van der Waals surface area contributed by atoms with Crippen LogP contribution in [0.25, 0.3) is 0 Å². The number of hydrogen-bond donors (Lipinski definition) is 0. The van der Waals surface area contributed by atoms with Crippen LogP contribution in [0.4, 0.5) is 0 Å². The number of rotatable bonds is 3. The van der Waals surface area contributed by atoms with Gasteiger partial charge < -0.3 is 4.74 Å². The molecule has 0 bridgehead atoms. The van der Waals surface area contributed by atoms with Crippen molar-refractivity contribution in [2.45, 2.75) is 31.8 Å². The van der Waals surface area contributed by atoms with E-state index in [1.807, 2.05) is 0 Å². The Balaban J connectivity index is 2.02. The predicted octanol–water partition coefficient (Wildman–Crippen LogP) is 2.28. The average molecular weight is 239 g/mol. The lowest BCUT2D eigenvalue weighted by molar-refractivity contribution is -0.148. The van der Waals surface area contributed by atoms with Crippen molar-refractivity contribution in [1.82, 2.24) is 4.90 Å². The van der Waals surface area contributed by atoms with Crippen molar-refractivity contribution in [3.05, 3.63) is 22.4 Å². The highest BCUT2D eigenvalue weighted by Crippen LogP contribution is 2.22. The van der Waals surface area contributed by atoms with Gasteiger partial charge in [-0.1, -0.05) is 12.5 Å². The fraction of sp³-hybridized carbons (Fsp3) is 0.583. The summed E-state index contributed by atoms with van der Waals surface area (Å²) in [5.74, 6) is -0.0868. The molecule has 1 aromatic heterocycles. The Bertz CT molecular complexity index is 337. The van der Waals surface area contributed by atoms with Gasteiger partial charge in [-0.05, 0) is 30.8 Å². The molecule has 0 unspecified atom stereocenters. The first-order chi connectivity index (χ1) is 7.81. The standard InChI is InChI=1S/C12H17NO2S/c1-15-12(14)11-6-2-3-7-13(11)9-10-5-4-8-16-10/h4-5,8,11H,2-3,6-7,9H2,1H3/t11-/m1/s1. The average Bonchev–Trinajstić information content (AvgIpc) is 2.82. The van der Waals surface area contributed by atoms with Gasteiger partial charge in [0.15, 0.2) is 0 Å². The topological polar surface area (TPSA) is 29.5 Å². The zero-order valence-electron chi connectivity index (χ0n) is 9.52. The van der Waals surface area contributed by atoms with Gasteiger partial charge in [-0.3, -0.25) is 9.69 Å². The summed E-state index contributed by atoms with van der Waals surface area (Å²) in [5, 5.41) is 2.08. The number of carbonyl (C=O) groups excluding carboxylic acids is 1. The number of ether oxygens (including phenoxy) is 1. The van der Waals surface area contributed by atoms with Crippen LogP contribution in [0.3, 0.4) is 0 Å². The fourth-order valence-corrected chi connectivity index (χ4v) is 2.92. The van der Waals surface area contributed by atoms with Gasteiger partial charge in [0.05, 0.1) is 7.11 Å². The van der Waals surface area contributed by atoms with E-state index in [1.54, 1.807) is 11.3 Å². The van der Waals surface area contributed by atoms with Crippen molar-refractivity contribution in [2.75, 3.05) is 13.7 Å². The second-order valence-electron chi connectivity index (χ2n) is 4.08. The Labute approximate surface area is 100 Å². The molecule has 1 aliphatic heterocycles. The molecule has 0 amide bonds. The van der Waals surface area contributed by atoms with E-state index in [1.165, 1.54) is 18.4 Å². The summed E-state index contributed by atoms with van der Waals surface area (Å²) in [4.78, 5) is 15.2. The van der Waals surface area contributed by atoms with E-state index in [4.69, 9.17) is 4.74 Å². The van der Waals surface area contributed by atoms with Crippen LogP contribution in [-0.4, -0.2) is 30.6 Å². The van der Waals surface area contributed by atoms with Crippen LogP contribution in [-0.2, 0) is 16.1 Å². The van der Waals surface area contributed by atoms with Crippen molar-refractivity contribution < 1.29 is 9.53 Å². The number of methoxy groups -OCH3 is 1. The van der Waals surface area contributed by atoms with Gasteiger partial charge in [-0.2, -0.15) is 0 Å². The second kappa shape index (κ2) is 5.46. The van der Waals surface area contributed by atoms with Crippen LogP contribution in [0, 0.1) is 0 Å². The van der Waals surface area contributed by atoms with E-state index in [0.29, 0.717) is 0 Å². The molecular weight excluding hydrogens is 222 g/mol. The third kappa shape index (κ3) is 2.62. The van der Waals surface area contributed by atoms with E-state index >= 15 is 0 Å². The molecule has 1 aliphatic rings. The smallest absolute Gasteiger partial charge is 0.323 e. The number of thiophene rings is 1. The van der Waals surface area contributed by atoms with Crippen molar-refractivity contribution >= 4 is 17.3 Å². The van der Waals surface area contributed by atoms with E-state index in [2.05, 4.69) is 22.4 Å². The van der Waals surface area contributed by atoms with Crippen LogP contribution < -0.4 is 0 Å². The number of carbonyl (C=O) groups is 1. The molecule has 0 radical (unpaired) electrons. The fourth-order valence-electron chi connectivity index (χ4n) is 2.19. The maximum absolute atomic E-state index is 11.6. The van der Waals surface area contributed by atoms with Gasteiger partial charge >= 0.3 is 5.97 Å². The summed E-state index contributed by atoms with van der Waals surface area (Å²) in [6.45, 7) is 1.87. The molecule has 1 atom stereocenters. The van der Waals surface area contributed by atoms with Crippen molar-refractivity contribution in [3.8, 4) is 0 Å². The van der Waals surface area contributed by atoms with Gasteiger partial charge in [-0.25, -0.2) is 0 Å². The zero-order valence-corrected chi connectivity index (χ0v) is 10.3. The first-order valence-electron chi connectivity index (χ1n) is 5.65. The van der Waals surface area contributed by atoms with E-state index < -0.39 is 0 Å². The molecule has 4 heteroatoms. The molecule has 0 spiro atoms. The lowest BCUT2D eigenvalue weighted by atomic mass is 10.0. The first-order valence-corrected chi connectivity index (χ1v) is 6.53. The van der Waals surface area contributed by atoms with Crippen LogP contribution in [0.2, 0.25) is 0 Å². The molecule has 3 nitrogen and oxygen atoms in total. The normalized spacial score (nSPS) is 21.9. The lowest BCUT2D eigenvalue weighted by Gasteiger charge is -2.33. The molecule has 0 saturated carbocycles. The highest BCUT2D eigenvalue weighted by molar-refractivity contribution is 7.09. The highest BCUT2D eigenvalue weighted by Gasteiger charge is 2.29. The molecule has 2 rings (SSSR count). The van der Waals surface area contributed by atoms with Gasteiger partial charge in [0.2, 0.25) is 0 Å². The number of piperidine rings is 1. The Morgan fingerprint density at radius 1 is 1.62 bits per heavy atom. The number of hydrogen-bond acceptors (Lipinski definition) is 4. The third-order valence-electron chi connectivity index (χ3n) is 3.03. The van der Waals surface area contributed by atoms with Gasteiger partial charge in [-0.15, -0.1) is 11.3 Å². The summed E-state index contributed by atoms with van der Waals surface area (Å²) >= 11 is 1.74. The number of likely N-dealkylation sites (tertiary alicyclic amines) is 1. The third-order valence-corrected chi connectivity index (χ3v) is 3.89. The molecule has 1 fully saturated rings. The molecule has 88 valence electrons. The number of nitrogens with zero attached hydrogens (tertiary/aromatic N) is 1. The first kappa shape index (κ1) is 11.6.